The number of amides is 1. The molecule has 2 heterocycles. The molecule has 32 heavy (non-hydrogen) atoms. The highest BCUT2D eigenvalue weighted by molar-refractivity contribution is 7.16. The molecule has 0 bridgehead atoms. The summed E-state index contributed by atoms with van der Waals surface area (Å²) in [6.07, 6.45) is -2.52. The summed E-state index contributed by atoms with van der Waals surface area (Å²) in [5.41, 5.74) is 7.66. The molecule has 3 N–H and O–H groups in total. The van der Waals surface area contributed by atoms with Crippen molar-refractivity contribution in [3.05, 3.63) is 69.2 Å². The Morgan fingerprint density at radius 3 is 2.66 bits per heavy atom. The van der Waals surface area contributed by atoms with E-state index in [2.05, 4.69) is 19.8 Å². The fourth-order valence-corrected chi connectivity index (χ4v) is 5.09. The highest BCUT2D eigenvalue weighted by Gasteiger charge is 2.53. The van der Waals surface area contributed by atoms with E-state index in [1.54, 1.807) is 12.1 Å². The van der Waals surface area contributed by atoms with Gasteiger partial charge >= 0.3 is 6.29 Å². The third-order valence-corrected chi connectivity index (χ3v) is 7.21. The van der Waals surface area contributed by atoms with Gasteiger partial charge in [-0.05, 0) is 49.1 Å². The normalized spacial score (nSPS) is 18.3. The third-order valence-electron chi connectivity index (χ3n) is 5.71. The number of nitrogens with one attached hydrogen (secondary N) is 1. The zero-order chi connectivity index (χ0) is 22.7. The Hall–Kier alpha value is -2.75. The average molecular weight is 478 g/mol. The lowest BCUT2D eigenvalue weighted by atomic mass is 9.94. The van der Waals surface area contributed by atoms with Gasteiger partial charge in [0.25, 0.3) is 0 Å². The van der Waals surface area contributed by atoms with Crippen molar-refractivity contribution >= 4 is 34.0 Å². The van der Waals surface area contributed by atoms with E-state index in [0.29, 0.717) is 34.3 Å². The molecule has 1 fully saturated rings. The number of alkyl halides is 2. The SMILES string of the molecule is Cc1nc(NC(=O)C2(c3ccc4c(c3)OC(F)(F)O4)CC2)sc1C(N)c1ccccc1Cl. The summed E-state index contributed by atoms with van der Waals surface area (Å²) in [4.78, 5) is 18.4. The van der Waals surface area contributed by atoms with Gasteiger partial charge in [0, 0.05) is 5.02 Å². The van der Waals surface area contributed by atoms with Gasteiger partial charge in [-0.3, -0.25) is 4.79 Å². The van der Waals surface area contributed by atoms with Crippen molar-refractivity contribution in [2.75, 3.05) is 5.32 Å². The highest BCUT2D eigenvalue weighted by Crippen LogP contribution is 2.52. The van der Waals surface area contributed by atoms with Crippen LogP contribution in [0.3, 0.4) is 0 Å². The quantitative estimate of drug-likeness (QED) is 0.531. The lowest BCUT2D eigenvalue weighted by Crippen LogP contribution is -2.27. The summed E-state index contributed by atoms with van der Waals surface area (Å²) in [5, 5.41) is 3.85. The molecule has 0 spiro atoms. The summed E-state index contributed by atoms with van der Waals surface area (Å²) in [6.45, 7) is 1.82. The van der Waals surface area contributed by atoms with E-state index in [1.807, 2.05) is 25.1 Å². The molecule has 2 aliphatic rings. The number of halogens is 3. The number of fused-ring (bicyclic) bond motifs is 1. The van der Waals surface area contributed by atoms with Gasteiger partial charge < -0.3 is 20.5 Å². The van der Waals surface area contributed by atoms with Gasteiger partial charge in [0.05, 0.1) is 22.0 Å². The number of hydrogen-bond donors (Lipinski definition) is 2. The maximum Gasteiger partial charge on any atom is 0.586 e. The van der Waals surface area contributed by atoms with Crippen LogP contribution in [0.15, 0.2) is 42.5 Å². The summed E-state index contributed by atoms with van der Waals surface area (Å²) < 4.78 is 35.6. The molecule has 0 radical (unpaired) electrons. The Morgan fingerprint density at radius 2 is 1.94 bits per heavy atom. The van der Waals surface area contributed by atoms with Crippen LogP contribution in [0, 0.1) is 6.92 Å². The molecule has 1 atom stereocenters. The molecule has 3 aromatic rings. The van der Waals surface area contributed by atoms with Crippen molar-refractivity contribution in [3.8, 4) is 11.5 Å². The van der Waals surface area contributed by atoms with Crippen LogP contribution in [0.5, 0.6) is 11.5 Å². The minimum Gasteiger partial charge on any atom is -0.395 e. The minimum atomic E-state index is -3.70. The predicted molar refractivity (Wildman–Crippen MR) is 117 cm³/mol. The minimum absolute atomic E-state index is 0.0521. The molecular formula is C22H18ClF2N3O3S. The Bertz CT molecular complexity index is 1230. The second kappa shape index (κ2) is 7.40. The zero-order valence-corrected chi connectivity index (χ0v) is 18.4. The van der Waals surface area contributed by atoms with Crippen LogP contribution in [0.2, 0.25) is 5.02 Å². The lowest BCUT2D eigenvalue weighted by Gasteiger charge is -2.15. The maximum absolute atomic E-state index is 13.3. The van der Waals surface area contributed by atoms with Gasteiger partial charge in [0.15, 0.2) is 16.6 Å². The van der Waals surface area contributed by atoms with Crippen LogP contribution >= 0.6 is 22.9 Å². The molecular weight excluding hydrogens is 460 g/mol. The molecule has 1 aliphatic heterocycles. The largest absolute Gasteiger partial charge is 0.586 e. The number of carbonyl (C=O) groups excluding carboxylic acids is 1. The van der Waals surface area contributed by atoms with Crippen molar-refractivity contribution in [2.24, 2.45) is 5.73 Å². The van der Waals surface area contributed by atoms with E-state index >= 15 is 0 Å². The van der Waals surface area contributed by atoms with Crippen molar-refractivity contribution in [1.82, 2.24) is 4.98 Å². The van der Waals surface area contributed by atoms with Crippen LogP contribution in [-0.2, 0) is 10.2 Å². The summed E-state index contributed by atoms with van der Waals surface area (Å²) >= 11 is 7.56. The number of ether oxygens (including phenoxy) is 2. The van der Waals surface area contributed by atoms with Crippen LogP contribution in [-0.4, -0.2) is 17.2 Å². The molecule has 2 aromatic carbocycles. The van der Waals surface area contributed by atoms with Crippen LogP contribution < -0.4 is 20.5 Å². The smallest absolute Gasteiger partial charge is 0.395 e. The Morgan fingerprint density at radius 1 is 1.22 bits per heavy atom. The topological polar surface area (TPSA) is 86.5 Å². The second-order valence-corrected chi connectivity index (χ2v) is 9.27. The predicted octanol–water partition coefficient (Wildman–Crippen LogP) is 5.14. The second-order valence-electron chi connectivity index (χ2n) is 7.83. The van der Waals surface area contributed by atoms with Gasteiger partial charge in [-0.15, -0.1) is 8.78 Å². The lowest BCUT2D eigenvalue weighted by molar-refractivity contribution is -0.286. The van der Waals surface area contributed by atoms with Gasteiger partial charge in [-0.2, -0.15) is 0 Å². The standard InChI is InChI=1S/C22H18ClF2N3O3S/c1-11-18(17(26)13-4-2-3-5-14(13)23)32-20(27-11)28-19(29)21(8-9-21)12-6-7-15-16(10-12)31-22(24,25)30-15/h2-7,10,17H,8-9,26H2,1H3,(H,27,28,29). The number of anilines is 1. The number of hydrogen-bond acceptors (Lipinski definition) is 6. The molecule has 1 aliphatic carbocycles. The van der Waals surface area contributed by atoms with Crippen LogP contribution in [0.4, 0.5) is 13.9 Å². The van der Waals surface area contributed by atoms with E-state index in [0.717, 1.165) is 10.4 Å². The fourth-order valence-electron chi connectivity index (χ4n) is 3.85. The van der Waals surface area contributed by atoms with Gasteiger partial charge in [-0.1, -0.05) is 47.2 Å². The Labute approximate surface area is 191 Å². The summed E-state index contributed by atoms with van der Waals surface area (Å²) in [5.74, 6) is -0.386. The van der Waals surface area contributed by atoms with Crippen LogP contribution in [0.25, 0.3) is 0 Å². The Kier molecular flexibility index (Phi) is 4.88. The zero-order valence-electron chi connectivity index (χ0n) is 16.8. The monoisotopic (exact) mass is 477 g/mol. The first kappa shape index (κ1) is 21.1. The average Bonchev–Trinajstić information content (AvgIpc) is 3.38. The van der Waals surface area contributed by atoms with E-state index in [9.17, 15) is 13.6 Å². The highest BCUT2D eigenvalue weighted by atomic mass is 35.5. The number of rotatable bonds is 5. The molecule has 6 nitrogen and oxygen atoms in total. The molecule has 1 saturated carbocycles. The molecule has 0 saturated heterocycles. The molecule has 1 aromatic heterocycles. The van der Waals surface area contributed by atoms with E-state index < -0.39 is 17.8 Å². The molecule has 166 valence electrons. The van der Waals surface area contributed by atoms with E-state index in [1.165, 1.54) is 23.5 Å². The van der Waals surface area contributed by atoms with E-state index in [-0.39, 0.29) is 17.4 Å². The van der Waals surface area contributed by atoms with Crippen molar-refractivity contribution in [1.29, 1.82) is 0 Å². The third kappa shape index (κ3) is 3.60. The summed E-state index contributed by atoms with van der Waals surface area (Å²) in [7, 11) is 0. The number of thiazole rings is 1. The number of carbonyl (C=O) groups is 1. The van der Waals surface area contributed by atoms with Gasteiger partial charge in [0.1, 0.15) is 0 Å². The number of aryl methyl sites for hydroxylation is 1. The van der Waals surface area contributed by atoms with Crippen LogP contribution in [0.1, 0.15) is 40.6 Å². The molecule has 10 heteroatoms. The van der Waals surface area contributed by atoms with Crippen molar-refractivity contribution in [2.45, 2.75) is 37.5 Å². The number of nitrogens with two attached hydrogens (primary N) is 1. The fraction of sp³-hybridized carbons (Fsp3) is 0.273. The molecule has 1 amide bonds. The molecule has 5 rings (SSSR count). The number of aromatic nitrogens is 1. The number of nitrogens with zero attached hydrogens (tertiary/aromatic N) is 1. The maximum atomic E-state index is 13.3. The van der Waals surface area contributed by atoms with Gasteiger partial charge in [-0.25, -0.2) is 4.98 Å². The number of benzene rings is 2. The first-order chi connectivity index (χ1) is 15.2. The van der Waals surface area contributed by atoms with Crippen molar-refractivity contribution < 1.29 is 23.0 Å². The summed E-state index contributed by atoms with van der Waals surface area (Å²) in [6, 6.07) is 11.3. The first-order valence-corrected chi connectivity index (χ1v) is 11.1. The Balaban J connectivity index is 1.36. The van der Waals surface area contributed by atoms with Crippen molar-refractivity contribution in [3.63, 3.8) is 0 Å². The van der Waals surface area contributed by atoms with E-state index in [4.69, 9.17) is 17.3 Å². The first-order valence-electron chi connectivity index (χ1n) is 9.88. The van der Waals surface area contributed by atoms with Gasteiger partial charge in [0.2, 0.25) is 5.91 Å². The molecule has 1 unspecified atom stereocenters.